The van der Waals surface area contributed by atoms with Gasteiger partial charge in [0, 0.05) is 21.7 Å². The third-order valence-corrected chi connectivity index (χ3v) is 5.02. The Bertz CT molecular complexity index is 438. The maximum Gasteiger partial charge on any atom is 0.311 e. The van der Waals surface area contributed by atoms with Crippen LogP contribution in [0.4, 0.5) is 0 Å². The van der Waals surface area contributed by atoms with Crippen molar-refractivity contribution in [3.8, 4) is 0 Å². The van der Waals surface area contributed by atoms with E-state index in [0.29, 0.717) is 0 Å². The van der Waals surface area contributed by atoms with Gasteiger partial charge in [-0.1, -0.05) is 11.6 Å². The second kappa shape index (κ2) is 6.64. The van der Waals surface area contributed by atoms with E-state index in [-0.39, 0.29) is 17.1 Å². The number of rotatable bonds is 3. The molecule has 1 saturated heterocycles. The van der Waals surface area contributed by atoms with Crippen molar-refractivity contribution in [1.82, 2.24) is 4.90 Å². The first-order valence-corrected chi connectivity index (χ1v) is 7.54. The molecule has 2 rings (SSSR count). The summed E-state index contributed by atoms with van der Waals surface area (Å²) in [5.41, 5.74) is 0. The van der Waals surface area contributed by atoms with E-state index in [1.54, 1.807) is 11.8 Å². The topological polar surface area (TPSA) is 29.5 Å². The molecule has 0 N–H and O–H groups in total. The molecule has 0 radical (unpaired) electrons. The molecular formula is C14H18ClNO2S. The Labute approximate surface area is 123 Å². The Balaban J connectivity index is 2.07. The van der Waals surface area contributed by atoms with Gasteiger partial charge in [0.2, 0.25) is 0 Å². The molecule has 1 heterocycles. The summed E-state index contributed by atoms with van der Waals surface area (Å²) in [6.45, 7) is 1.77. The number of esters is 1. The Morgan fingerprint density at radius 2 is 2.11 bits per heavy atom. The quantitative estimate of drug-likeness (QED) is 0.803. The minimum Gasteiger partial charge on any atom is -0.469 e. The number of benzene rings is 1. The third kappa shape index (κ3) is 3.88. The third-order valence-electron chi connectivity index (χ3n) is 3.36. The van der Waals surface area contributed by atoms with E-state index in [2.05, 4.69) is 4.90 Å². The van der Waals surface area contributed by atoms with Gasteiger partial charge >= 0.3 is 5.97 Å². The number of carbonyl (C=O) groups excluding carboxylic acids is 1. The van der Waals surface area contributed by atoms with Crippen LogP contribution < -0.4 is 0 Å². The first kappa shape index (κ1) is 14.7. The van der Waals surface area contributed by atoms with Crippen LogP contribution in [0.3, 0.4) is 0 Å². The molecule has 5 heteroatoms. The van der Waals surface area contributed by atoms with Crippen LogP contribution in [-0.4, -0.2) is 43.4 Å². The largest absolute Gasteiger partial charge is 0.469 e. The zero-order valence-electron chi connectivity index (χ0n) is 11.1. The van der Waals surface area contributed by atoms with Crippen LogP contribution in [0.5, 0.6) is 0 Å². The van der Waals surface area contributed by atoms with Crippen LogP contribution in [0, 0.1) is 5.92 Å². The Morgan fingerprint density at radius 3 is 2.74 bits per heavy atom. The van der Waals surface area contributed by atoms with Crippen molar-refractivity contribution in [3.63, 3.8) is 0 Å². The highest BCUT2D eigenvalue weighted by Gasteiger charge is 2.34. The van der Waals surface area contributed by atoms with Crippen LogP contribution in [0.25, 0.3) is 0 Å². The summed E-state index contributed by atoms with van der Waals surface area (Å²) in [5, 5.41) is 1.00. The lowest BCUT2D eigenvalue weighted by atomic mass is 9.98. The van der Waals surface area contributed by atoms with E-state index >= 15 is 0 Å². The molecule has 0 spiro atoms. The van der Waals surface area contributed by atoms with Gasteiger partial charge in [0.25, 0.3) is 0 Å². The summed E-state index contributed by atoms with van der Waals surface area (Å²) < 4.78 is 4.93. The molecule has 0 aliphatic carbocycles. The highest BCUT2D eigenvalue weighted by Crippen LogP contribution is 2.34. The lowest BCUT2D eigenvalue weighted by molar-refractivity contribution is -0.146. The van der Waals surface area contributed by atoms with Crippen molar-refractivity contribution in [2.45, 2.75) is 16.6 Å². The molecule has 0 aromatic heterocycles. The van der Waals surface area contributed by atoms with Crippen LogP contribution >= 0.6 is 23.4 Å². The molecule has 1 fully saturated rings. The van der Waals surface area contributed by atoms with Gasteiger partial charge in [0.1, 0.15) is 0 Å². The molecule has 1 aromatic carbocycles. The standard InChI is InChI=1S/C14H18ClNO2S/c1-16-8-7-13(12(9-16)14(17)18-2)19-11-5-3-10(15)4-6-11/h3-6,12-13H,7-9H2,1-2H3/t12-,13+/m0/s1. The van der Waals surface area contributed by atoms with E-state index < -0.39 is 0 Å². The van der Waals surface area contributed by atoms with Gasteiger partial charge in [0.05, 0.1) is 13.0 Å². The van der Waals surface area contributed by atoms with Crippen molar-refractivity contribution in [2.24, 2.45) is 5.92 Å². The number of hydrogen-bond donors (Lipinski definition) is 0. The van der Waals surface area contributed by atoms with Gasteiger partial charge in [-0.25, -0.2) is 0 Å². The molecule has 0 unspecified atom stereocenters. The summed E-state index contributed by atoms with van der Waals surface area (Å²) in [7, 11) is 3.50. The molecule has 104 valence electrons. The van der Waals surface area contributed by atoms with Gasteiger partial charge in [-0.2, -0.15) is 0 Å². The van der Waals surface area contributed by atoms with Crippen molar-refractivity contribution in [2.75, 3.05) is 27.2 Å². The molecule has 19 heavy (non-hydrogen) atoms. The van der Waals surface area contributed by atoms with Gasteiger partial charge < -0.3 is 9.64 Å². The average molecular weight is 300 g/mol. The molecule has 1 aliphatic rings. The molecular weight excluding hydrogens is 282 g/mol. The Kier molecular flexibility index (Phi) is 5.13. The summed E-state index contributed by atoms with van der Waals surface area (Å²) in [5.74, 6) is -0.178. The number of nitrogens with zero attached hydrogens (tertiary/aromatic N) is 1. The number of methoxy groups -OCH3 is 1. The Hall–Kier alpha value is -0.710. The SMILES string of the molecule is COC(=O)[C@H]1CN(C)CC[C@H]1Sc1ccc(Cl)cc1. The fraction of sp³-hybridized carbons (Fsp3) is 0.500. The lowest BCUT2D eigenvalue weighted by Gasteiger charge is -2.34. The van der Waals surface area contributed by atoms with Crippen LogP contribution in [0.2, 0.25) is 5.02 Å². The summed E-state index contributed by atoms with van der Waals surface area (Å²) >= 11 is 7.63. The maximum absolute atomic E-state index is 11.9. The highest BCUT2D eigenvalue weighted by molar-refractivity contribution is 8.00. The van der Waals surface area contributed by atoms with Crippen molar-refractivity contribution < 1.29 is 9.53 Å². The van der Waals surface area contributed by atoms with Crippen molar-refractivity contribution in [3.05, 3.63) is 29.3 Å². The molecule has 2 atom stereocenters. The summed E-state index contributed by atoms with van der Waals surface area (Å²) in [4.78, 5) is 15.2. The number of piperidine rings is 1. The molecule has 0 saturated carbocycles. The van der Waals surface area contributed by atoms with Gasteiger partial charge in [-0.05, 0) is 44.3 Å². The highest BCUT2D eigenvalue weighted by atomic mass is 35.5. The number of ether oxygens (including phenoxy) is 1. The van der Waals surface area contributed by atoms with Crippen molar-refractivity contribution >= 4 is 29.3 Å². The van der Waals surface area contributed by atoms with E-state index in [4.69, 9.17) is 16.3 Å². The maximum atomic E-state index is 11.9. The number of halogens is 1. The molecule has 3 nitrogen and oxygen atoms in total. The predicted octanol–water partition coefficient (Wildman–Crippen LogP) is 2.93. The second-order valence-corrected chi connectivity index (χ2v) is 6.54. The average Bonchev–Trinajstić information content (AvgIpc) is 2.42. The minimum absolute atomic E-state index is 0.0653. The van der Waals surface area contributed by atoms with Gasteiger partial charge in [-0.15, -0.1) is 11.8 Å². The molecule has 0 amide bonds. The minimum atomic E-state index is -0.113. The van der Waals surface area contributed by atoms with E-state index in [0.717, 1.165) is 29.4 Å². The number of thioether (sulfide) groups is 1. The molecule has 0 bridgehead atoms. The first-order chi connectivity index (χ1) is 9.10. The number of likely N-dealkylation sites (tertiary alicyclic amines) is 1. The first-order valence-electron chi connectivity index (χ1n) is 6.28. The zero-order valence-corrected chi connectivity index (χ0v) is 12.7. The normalized spacial score (nSPS) is 24.2. The van der Waals surface area contributed by atoms with E-state index in [9.17, 15) is 4.79 Å². The predicted molar refractivity (Wildman–Crippen MR) is 78.7 cm³/mol. The van der Waals surface area contributed by atoms with E-state index in [1.165, 1.54) is 7.11 Å². The van der Waals surface area contributed by atoms with Crippen molar-refractivity contribution in [1.29, 1.82) is 0 Å². The fourth-order valence-corrected chi connectivity index (χ4v) is 3.65. The van der Waals surface area contributed by atoms with E-state index in [1.807, 2.05) is 31.3 Å². The summed E-state index contributed by atoms with van der Waals surface area (Å²) in [6, 6.07) is 7.76. The van der Waals surface area contributed by atoms with Gasteiger partial charge in [0.15, 0.2) is 0 Å². The van der Waals surface area contributed by atoms with Crippen LogP contribution in [0.1, 0.15) is 6.42 Å². The fourth-order valence-electron chi connectivity index (χ4n) is 2.30. The second-order valence-electron chi connectivity index (χ2n) is 4.79. The molecule has 1 aliphatic heterocycles. The summed E-state index contributed by atoms with van der Waals surface area (Å²) in [6.07, 6.45) is 0.990. The van der Waals surface area contributed by atoms with Crippen LogP contribution in [-0.2, 0) is 9.53 Å². The Morgan fingerprint density at radius 1 is 1.42 bits per heavy atom. The smallest absolute Gasteiger partial charge is 0.311 e. The zero-order chi connectivity index (χ0) is 13.8. The monoisotopic (exact) mass is 299 g/mol. The van der Waals surface area contributed by atoms with Gasteiger partial charge in [-0.3, -0.25) is 4.79 Å². The lowest BCUT2D eigenvalue weighted by Crippen LogP contribution is -2.43. The molecule has 1 aromatic rings. The number of hydrogen-bond acceptors (Lipinski definition) is 4. The van der Waals surface area contributed by atoms with Crippen LogP contribution in [0.15, 0.2) is 29.2 Å². The number of carbonyl (C=O) groups is 1.